The van der Waals surface area contributed by atoms with Gasteiger partial charge in [0.15, 0.2) is 5.78 Å². The molecule has 0 aliphatic heterocycles. The topological polar surface area (TPSA) is 17.1 Å². The minimum absolute atomic E-state index is 0.0138. The van der Waals surface area contributed by atoms with Crippen molar-refractivity contribution in [2.24, 2.45) is 0 Å². The van der Waals surface area contributed by atoms with Crippen LogP contribution in [0, 0.1) is 0 Å². The van der Waals surface area contributed by atoms with Crippen molar-refractivity contribution in [3.8, 4) is 0 Å². The molecule has 0 N–H and O–H groups in total. The summed E-state index contributed by atoms with van der Waals surface area (Å²) >= 11 is 11.9. The Morgan fingerprint density at radius 2 is 1.93 bits per heavy atom. The predicted molar refractivity (Wildman–Crippen MR) is 69.2 cm³/mol. The number of benzene rings is 1. The molecular formula is C11H13Cl2OP. The molecule has 0 radical (unpaired) electrons. The first-order chi connectivity index (χ1) is 7.02. The molecule has 0 saturated heterocycles. The van der Waals surface area contributed by atoms with Crippen LogP contribution in [0.2, 0.25) is 10.0 Å². The van der Waals surface area contributed by atoms with Gasteiger partial charge in [0.2, 0.25) is 0 Å². The molecule has 0 aromatic heterocycles. The Balaban J connectivity index is 2.82. The van der Waals surface area contributed by atoms with Gasteiger partial charge in [-0.05, 0) is 24.2 Å². The largest absolute Gasteiger partial charge is 0.294 e. The van der Waals surface area contributed by atoms with E-state index in [1.54, 1.807) is 18.2 Å². The van der Waals surface area contributed by atoms with Crippen LogP contribution in [-0.4, -0.2) is 11.4 Å². The maximum absolute atomic E-state index is 11.8. The van der Waals surface area contributed by atoms with Crippen LogP contribution in [0.1, 0.15) is 30.1 Å². The quantitative estimate of drug-likeness (QED) is 0.587. The molecule has 0 amide bonds. The Labute approximate surface area is 102 Å². The second kappa shape index (κ2) is 5.84. The predicted octanol–water partition coefficient (Wildman–Crippen LogP) is 4.22. The van der Waals surface area contributed by atoms with E-state index in [2.05, 4.69) is 9.24 Å². The van der Waals surface area contributed by atoms with Gasteiger partial charge in [-0.3, -0.25) is 4.79 Å². The highest BCUT2D eigenvalue weighted by Crippen LogP contribution is 2.26. The molecule has 2 atom stereocenters. The van der Waals surface area contributed by atoms with Gasteiger partial charge in [-0.2, -0.15) is 0 Å². The van der Waals surface area contributed by atoms with Gasteiger partial charge in [0, 0.05) is 6.42 Å². The maximum atomic E-state index is 11.8. The van der Waals surface area contributed by atoms with Crippen LogP contribution in [0.5, 0.6) is 0 Å². The van der Waals surface area contributed by atoms with Gasteiger partial charge in [-0.1, -0.05) is 36.2 Å². The van der Waals surface area contributed by atoms with Crippen LogP contribution in [0.4, 0.5) is 0 Å². The molecule has 0 heterocycles. The summed E-state index contributed by atoms with van der Waals surface area (Å²) in [5, 5.41) is 0.868. The molecule has 82 valence electrons. The summed E-state index contributed by atoms with van der Waals surface area (Å²) in [5.74, 6) is 0.0138. The molecule has 2 unspecified atom stereocenters. The lowest BCUT2D eigenvalue weighted by Gasteiger charge is -2.07. The van der Waals surface area contributed by atoms with E-state index in [4.69, 9.17) is 23.2 Å². The number of carbonyl (C=O) groups is 1. The average molecular weight is 263 g/mol. The van der Waals surface area contributed by atoms with Gasteiger partial charge in [0.25, 0.3) is 0 Å². The fourth-order valence-electron chi connectivity index (χ4n) is 1.25. The SMILES string of the molecule is CC(P)CCC(=O)c1c(Cl)cccc1Cl. The first-order valence-corrected chi connectivity index (χ1v) is 6.17. The summed E-state index contributed by atoms with van der Waals surface area (Å²) in [4.78, 5) is 11.8. The summed E-state index contributed by atoms with van der Waals surface area (Å²) < 4.78 is 0. The zero-order valence-corrected chi connectivity index (χ0v) is 11.1. The van der Waals surface area contributed by atoms with Crippen LogP contribution in [-0.2, 0) is 0 Å². The molecule has 0 bridgehead atoms. The van der Waals surface area contributed by atoms with Crippen molar-refractivity contribution in [2.75, 3.05) is 0 Å². The van der Waals surface area contributed by atoms with Gasteiger partial charge in [-0.25, -0.2) is 0 Å². The lowest BCUT2D eigenvalue weighted by atomic mass is 10.1. The van der Waals surface area contributed by atoms with Crippen LogP contribution >= 0.6 is 32.4 Å². The second-order valence-corrected chi connectivity index (χ2v) is 5.49. The highest BCUT2D eigenvalue weighted by atomic mass is 35.5. The van der Waals surface area contributed by atoms with Gasteiger partial charge in [-0.15, -0.1) is 9.24 Å². The van der Waals surface area contributed by atoms with E-state index >= 15 is 0 Å². The third-order valence-electron chi connectivity index (χ3n) is 2.07. The minimum Gasteiger partial charge on any atom is -0.294 e. The first kappa shape index (κ1) is 13.0. The second-order valence-electron chi connectivity index (χ2n) is 3.54. The van der Waals surface area contributed by atoms with Crippen molar-refractivity contribution in [1.29, 1.82) is 0 Å². The standard InChI is InChI=1S/C11H13Cl2OP/c1-7(15)5-6-10(14)11-8(12)3-2-4-9(11)13/h2-4,7H,5-6,15H2,1H3. The first-order valence-electron chi connectivity index (χ1n) is 4.75. The van der Waals surface area contributed by atoms with Crippen molar-refractivity contribution in [2.45, 2.75) is 25.4 Å². The van der Waals surface area contributed by atoms with Crippen LogP contribution < -0.4 is 0 Å². The smallest absolute Gasteiger partial charge is 0.165 e. The lowest BCUT2D eigenvalue weighted by Crippen LogP contribution is -2.03. The molecule has 0 aliphatic carbocycles. The van der Waals surface area contributed by atoms with E-state index in [-0.39, 0.29) is 5.78 Å². The van der Waals surface area contributed by atoms with Crippen molar-refractivity contribution in [3.63, 3.8) is 0 Å². The zero-order valence-electron chi connectivity index (χ0n) is 8.47. The number of carbonyl (C=O) groups excluding carboxylic acids is 1. The van der Waals surface area contributed by atoms with Crippen molar-refractivity contribution >= 4 is 38.2 Å². The maximum Gasteiger partial charge on any atom is 0.165 e. The normalized spacial score (nSPS) is 12.5. The monoisotopic (exact) mass is 262 g/mol. The van der Waals surface area contributed by atoms with Crippen LogP contribution in [0.3, 0.4) is 0 Å². The van der Waals surface area contributed by atoms with Crippen molar-refractivity contribution < 1.29 is 4.79 Å². The number of Topliss-reactive ketones (excluding diaryl/α,β-unsaturated/α-hetero) is 1. The molecule has 1 rings (SSSR count). The molecule has 1 aromatic rings. The summed E-state index contributed by atoms with van der Waals surface area (Å²) in [6, 6.07) is 5.11. The molecular weight excluding hydrogens is 250 g/mol. The number of rotatable bonds is 4. The minimum atomic E-state index is 0.0138. The average Bonchev–Trinajstić information content (AvgIpc) is 2.14. The third-order valence-corrected chi connectivity index (χ3v) is 3.03. The molecule has 0 aliphatic rings. The van der Waals surface area contributed by atoms with E-state index in [0.29, 0.717) is 27.7 Å². The molecule has 0 saturated carbocycles. The van der Waals surface area contributed by atoms with Crippen molar-refractivity contribution in [3.05, 3.63) is 33.8 Å². The number of ketones is 1. The Bertz CT molecular complexity index is 343. The highest BCUT2D eigenvalue weighted by Gasteiger charge is 2.14. The Kier molecular flexibility index (Phi) is 5.05. The Morgan fingerprint density at radius 1 is 1.40 bits per heavy atom. The summed E-state index contributed by atoms with van der Waals surface area (Å²) in [7, 11) is 2.67. The van der Waals surface area contributed by atoms with Crippen LogP contribution in [0.25, 0.3) is 0 Å². The summed E-state index contributed by atoms with van der Waals surface area (Å²) in [5.41, 5.74) is 0.877. The van der Waals surface area contributed by atoms with Gasteiger partial charge in [0.05, 0.1) is 15.6 Å². The number of hydrogen-bond acceptors (Lipinski definition) is 1. The molecule has 1 aromatic carbocycles. The van der Waals surface area contributed by atoms with Gasteiger partial charge >= 0.3 is 0 Å². The lowest BCUT2D eigenvalue weighted by molar-refractivity contribution is 0.0980. The highest BCUT2D eigenvalue weighted by molar-refractivity contribution is 7.17. The van der Waals surface area contributed by atoms with E-state index < -0.39 is 0 Å². The Hall–Kier alpha value is -0.100. The molecule has 0 spiro atoms. The zero-order chi connectivity index (χ0) is 11.4. The molecule has 15 heavy (non-hydrogen) atoms. The summed E-state index contributed by atoms with van der Waals surface area (Å²) in [6.07, 6.45) is 1.30. The molecule has 1 nitrogen and oxygen atoms in total. The fourth-order valence-corrected chi connectivity index (χ4v) is 2.02. The van der Waals surface area contributed by atoms with E-state index in [1.165, 1.54) is 0 Å². The Morgan fingerprint density at radius 3 is 2.40 bits per heavy atom. The van der Waals surface area contributed by atoms with Gasteiger partial charge < -0.3 is 0 Å². The number of halogens is 2. The van der Waals surface area contributed by atoms with E-state index in [9.17, 15) is 4.79 Å². The third kappa shape index (κ3) is 3.75. The van der Waals surface area contributed by atoms with E-state index in [1.807, 2.05) is 6.92 Å². The number of hydrogen-bond donors (Lipinski definition) is 0. The van der Waals surface area contributed by atoms with Crippen LogP contribution in [0.15, 0.2) is 18.2 Å². The molecule has 0 fully saturated rings. The summed E-state index contributed by atoms with van der Waals surface area (Å²) in [6.45, 7) is 2.05. The van der Waals surface area contributed by atoms with Crippen molar-refractivity contribution in [1.82, 2.24) is 0 Å². The van der Waals surface area contributed by atoms with Gasteiger partial charge in [0.1, 0.15) is 0 Å². The van der Waals surface area contributed by atoms with E-state index in [0.717, 1.165) is 6.42 Å². The molecule has 4 heteroatoms. The fraction of sp³-hybridized carbons (Fsp3) is 0.364.